The van der Waals surface area contributed by atoms with E-state index in [1.807, 2.05) is 13.8 Å². The summed E-state index contributed by atoms with van der Waals surface area (Å²) in [6.45, 7) is 3.36. The Morgan fingerprint density at radius 3 is 2.11 bits per heavy atom. The Balaban J connectivity index is 3.00. The van der Waals surface area contributed by atoms with Crippen molar-refractivity contribution in [1.29, 1.82) is 0 Å². The molecule has 1 saturated heterocycles. The van der Waals surface area contributed by atoms with Gasteiger partial charge in [-0.3, -0.25) is 19.7 Å². The summed E-state index contributed by atoms with van der Waals surface area (Å²) in [6, 6.07) is 0. The molecule has 1 fully saturated rings. The number of rotatable bonds is 4. The van der Waals surface area contributed by atoms with Crippen molar-refractivity contribution in [2.24, 2.45) is 11.1 Å². The van der Waals surface area contributed by atoms with E-state index < -0.39 is 17.2 Å². The highest BCUT2D eigenvalue weighted by molar-refractivity contribution is 7.80. The van der Waals surface area contributed by atoms with Crippen LogP contribution in [-0.4, -0.2) is 40.7 Å². The molecule has 0 saturated carbocycles. The van der Waals surface area contributed by atoms with Crippen molar-refractivity contribution in [2.45, 2.75) is 26.7 Å². The number of imide groups is 1. The molecule has 100 valence electrons. The van der Waals surface area contributed by atoms with Crippen LogP contribution in [0.5, 0.6) is 0 Å². The standard InChI is InChI=1S/C11H17N3O3S/c1-3-11(4-2,9(12)18)10(17)14-5-7(15)13-8(16)6-14/h3-6H2,1-2H3,(H2,12,18)(H,13,15,16). The number of amides is 3. The summed E-state index contributed by atoms with van der Waals surface area (Å²) in [7, 11) is 0. The summed E-state index contributed by atoms with van der Waals surface area (Å²) in [5.41, 5.74) is 4.70. The number of thiocarbonyl (C=S) groups is 1. The summed E-state index contributed by atoms with van der Waals surface area (Å²) in [5, 5.41) is 2.14. The van der Waals surface area contributed by atoms with Crippen LogP contribution in [0.3, 0.4) is 0 Å². The van der Waals surface area contributed by atoms with Gasteiger partial charge >= 0.3 is 0 Å². The minimum Gasteiger partial charge on any atom is -0.392 e. The van der Waals surface area contributed by atoms with Gasteiger partial charge < -0.3 is 10.6 Å². The number of nitrogens with zero attached hydrogens (tertiary/aromatic N) is 1. The molecule has 7 heteroatoms. The summed E-state index contributed by atoms with van der Waals surface area (Å²) in [4.78, 5) is 36.3. The van der Waals surface area contributed by atoms with Gasteiger partial charge in [-0.25, -0.2) is 0 Å². The largest absolute Gasteiger partial charge is 0.392 e. The Hall–Kier alpha value is -1.50. The molecule has 1 rings (SSSR count). The number of piperazine rings is 1. The van der Waals surface area contributed by atoms with Crippen molar-refractivity contribution in [3.8, 4) is 0 Å². The lowest BCUT2D eigenvalue weighted by Crippen LogP contribution is -2.58. The van der Waals surface area contributed by atoms with E-state index >= 15 is 0 Å². The number of carbonyl (C=O) groups is 3. The lowest BCUT2D eigenvalue weighted by atomic mass is 9.80. The maximum atomic E-state index is 12.4. The fraction of sp³-hybridized carbons (Fsp3) is 0.636. The second-order valence-electron chi connectivity index (χ2n) is 4.29. The van der Waals surface area contributed by atoms with Gasteiger partial charge in [0.2, 0.25) is 17.7 Å². The normalized spacial score (nSPS) is 16.4. The Bertz CT molecular complexity index is 388. The van der Waals surface area contributed by atoms with Gasteiger partial charge in [0.05, 0.1) is 10.4 Å². The average Bonchev–Trinajstić information content (AvgIpc) is 2.29. The van der Waals surface area contributed by atoms with E-state index in [1.165, 1.54) is 4.90 Å². The Kier molecular flexibility index (Phi) is 4.39. The van der Waals surface area contributed by atoms with Crippen molar-refractivity contribution in [3.63, 3.8) is 0 Å². The van der Waals surface area contributed by atoms with Crippen LogP contribution in [0.1, 0.15) is 26.7 Å². The smallest absolute Gasteiger partial charge is 0.246 e. The van der Waals surface area contributed by atoms with Crippen LogP contribution >= 0.6 is 12.2 Å². The zero-order chi connectivity index (χ0) is 13.9. The zero-order valence-electron chi connectivity index (χ0n) is 10.5. The molecule has 18 heavy (non-hydrogen) atoms. The van der Waals surface area contributed by atoms with Crippen LogP contribution in [0.4, 0.5) is 0 Å². The fourth-order valence-electron chi connectivity index (χ4n) is 2.09. The fourth-order valence-corrected chi connectivity index (χ4v) is 2.47. The van der Waals surface area contributed by atoms with Crippen molar-refractivity contribution in [3.05, 3.63) is 0 Å². The van der Waals surface area contributed by atoms with E-state index in [-0.39, 0.29) is 24.0 Å². The van der Waals surface area contributed by atoms with E-state index in [0.717, 1.165) is 0 Å². The molecule has 3 amide bonds. The maximum Gasteiger partial charge on any atom is 0.246 e. The lowest BCUT2D eigenvalue weighted by Gasteiger charge is -2.36. The van der Waals surface area contributed by atoms with Gasteiger partial charge in [-0.1, -0.05) is 26.1 Å². The number of nitrogens with one attached hydrogen (secondary N) is 1. The highest BCUT2D eigenvalue weighted by atomic mass is 32.1. The molecule has 0 radical (unpaired) electrons. The molecule has 0 unspecified atom stereocenters. The highest BCUT2D eigenvalue weighted by Crippen LogP contribution is 2.29. The Morgan fingerprint density at radius 1 is 1.33 bits per heavy atom. The first-order valence-electron chi connectivity index (χ1n) is 5.79. The molecule has 1 heterocycles. The van der Waals surface area contributed by atoms with Crippen molar-refractivity contribution >= 4 is 34.9 Å². The van der Waals surface area contributed by atoms with Gasteiger partial charge in [-0.05, 0) is 12.8 Å². The van der Waals surface area contributed by atoms with Crippen LogP contribution in [0.2, 0.25) is 0 Å². The topological polar surface area (TPSA) is 92.5 Å². The third-order valence-electron chi connectivity index (χ3n) is 3.32. The molecule has 0 spiro atoms. The van der Waals surface area contributed by atoms with Gasteiger partial charge in [0.15, 0.2) is 0 Å². The molecule has 0 aliphatic carbocycles. The summed E-state index contributed by atoms with van der Waals surface area (Å²) in [6.07, 6.45) is 0.897. The minimum absolute atomic E-state index is 0.107. The monoisotopic (exact) mass is 271 g/mol. The first-order chi connectivity index (χ1) is 8.37. The second-order valence-corrected chi connectivity index (χ2v) is 4.73. The van der Waals surface area contributed by atoms with E-state index in [1.54, 1.807) is 0 Å². The first kappa shape index (κ1) is 14.6. The van der Waals surface area contributed by atoms with Crippen LogP contribution in [0.15, 0.2) is 0 Å². The zero-order valence-corrected chi connectivity index (χ0v) is 11.3. The van der Waals surface area contributed by atoms with E-state index in [2.05, 4.69) is 5.32 Å². The van der Waals surface area contributed by atoms with Gasteiger partial charge in [0.25, 0.3) is 0 Å². The van der Waals surface area contributed by atoms with Crippen LogP contribution in [-0.2, 0) is 14.4 Å². The summed E-state index contributed by atoms with van der Waals surface area (Å²) >= 11 is 4.98. The molecular formula is C11H17N3O3S. The number of hydrogen-bond donors (Lipinski definition) is 2. The van der Waals surface area contributed by atoms with Gasteiger partial charge in [0, 0.05) is 0 Å². The van der Waals surface area contributed by atoms with Crippen molar-refractivity contribution in [2.75, 3.05) is 13.1 Å². The molecule has 0 aromatic carbocycles. The van der Waals surface area contributed by atoms with Gasteiger partial charge in [0.1, 0.15) is 13.1 Å². The predicted octanol–water partition coefficient (Wildman–Crippen LogP) is -0.436. The minimum atomic E-state index is -0.965. The SMILES string of the molecule is CCC(CC)(C(=O)N1CC(=O)NC(=O)C1)C(N)=S. The Morgan fingerprint density at radius 2 is 1.78 bits per heavy atom. The molecule has 1 aliphatic heterocycles. The van der Waals surface area contributed by atoms with Gasteiger partial charge in [-0.2, -0.15) is 0 Å². The molecular weight excluding hydrogens is 254 g/mol. The average molecular weight is 271 g/mol. The first-order valence-corrected chi connectivity index (χ1v) is 6.20. The van der Waals surface area contributed by atoms with E-state index in [0.29, 0.717) is 12.8 Å². The Labute approximate surface area is 111 Å². The summed E-state index contributed by atoms with van der Waals surface area (Å²) in [5.74, 6) is -1.31. The maximum absolute atomic E-state index is 12.4. The number of carbonyl (C=O) groups excluding carboxylic acids is 3. The molecule has 0 aromatic heterocycles. The van der Waals surface area contributed by atoms with E-state index in [4.69, 9.17) is 18.0 Å². The molecule has 1 aliphatic rings. The summed E-state index contributed by atoms with van der Waals surface area (Å²) < 4.78 is 0. The van der Waals surface area contributed by atoms with E-state index in [9.17, 15) is 14.4 Å². The quantitative estimate of drug-likeness (QED) is 0.534. The predicted molar refractivity (Wildman–Crippen MR) is 69.5 cm³/mol. The number of nitrogens with two attached hydrogens (primary N) is 1. The van der Waals surface area contributed by atoms with Crippen molar-refractivity contribution in [1.82, 2.24) is 10.2 Å². The second kappa shape index (κ2) is 5.43. The number of hydrogen-bond acceptors (Lipinski definition) is 4. The molecule has 6 nitrogen and oxygen atoms in total. The molecule has 0 atom stereocenters. The van der Waals surface area contributed by atoms with Crippen LogP contribution in [0.25, 0.3) is 0 Å². The highest BCUT2D eigenvalue weighted by Gasteiger charge is 2.43. The van der Waals surface area contributed by atoms with Crippen LogP contribution in [0, 0.1) is 5.41 Å². The molecule has 3 N–H and O–H groups in total. The van der Waals surface area contributed by atoms with Crippen molar-refractivity contribution < 1.29 is 14.4 Å². The molecule has 0 aromatic rings. The molecule has 0 bridgehead atoms. The third-order valence-corrected chi connectivity index (χ3v) is 3.71. The third kappa shape index (κ3) is 2.50. The lowest BCUT2D eigenvalue weighted by molar-refractivity contribution is -0.149. The van der Waals surface area contributed by atoms with Gasteiger partial charge in [-0.15, -0.1) is 0 Å². The van der Waals surface area contributed by atoms with Crippen LogP contribution < -0.4 is 11.1 Å².